The molecule has 0 saturated carbocycles. The van der Waals surface area contributed by atoms with Gasteiger partial charge in [-0.25, -0.2) is 9.37 Å². The van der Waals surface area contributed by atoms with Gasteiger partial charge in [0.2, 0.25) is 0 Å². The number of carbonyl (C=O) groups excluding carboxylic acids is 1. The third-order valence-corrected chi connectivity index (χ3v) is 6.37. The van der Waals surface area contributed by atoms with E-state index in [1.165, 1.54) is 12.1 Å². The smallest absolute Gasteiger partial charge is 0.268 e. The molecule has 0 N–H and O–H groups in total. The number of aromatic nitrogens is 2. The number of benzene rings is 2. The largest absolute Gasteiger partial charge is 0.479 e. The number of amides is 1. The Morgan fingerprint density at radius 3 is 2.69 bits per heavy atom. The summed E-state index contributed by atoms with van der Waals surface area (Å²) >= 11 is 1.58. The lowest BCUT2D eigenvalue weighted by molar-refractivity contribution is -0.125. The fourth-order valence-electron chi connectivity index (χ4n) is 3.75. The van der Waals surface area contributed by atoms with Gasteiger partial charge in [-0.2, -0.15) is 0 Å². The molecule has 1 unspecified atom stereocenters. The Morgan fingerprint density at radius 1 is 1.12 bits per heavy atom. The van der Waals surface area contributed by atoms with Crippen LogP contribution in [0.1, 0.15) is 17.4 Å². The van der Waals surface area contributed by atoms with Crippen LogP contribution >= 0.6 is 11.3 Å². The molecular weight excluding hydrogens is 425 g/mol. The van der Waals surface area contributed by atoms with Crippen molar-refractivity contribution in [3.63, 3.8) is 0 Å². The lowest BCUT2D eigenvalue weighted by Gasteiger charge is -2.33. The molecule has 7 heteroatoms. The van der Waals surface area contributed by atoms with Crippen LogP contribution in [0.4, 0.5) is 10.1 Å². The summed E-state index contributed by atoms with van der Waals surface area (Å²) in [5, 5.41) is 0.847. The molecule has 1 amide bonds. The topological polar surface area (TPSA) is 55.3 Å². The Balaban J connectivity index is 1.54. The highest BCUT2D eigenvalue weighted by molar-refractivity contribution is 7.15. The number of anilines is 1. The predicted octanol–water partition coefficient (Wildman–Crippen LogP) is 5.63. The molecule has 1 atom stereocenters. The van der Waals surface area contributed by atoms with Crippen molar-refractivity contribution in [1.82, 2.24) is 9.97 Å². The van der Waals surface area contributed by atoms with Gasteiger partial charge in [0.1, 0.15) is 16.6 Å². The minimum absolute atomic E-state index is 0.136. The first kappa shape index (κ1) is 20.3. The van der Waals surface area contributed by atoms with Crippen molar-refractivity contribution in [2.45, 2.75) is 26.5 Å². The molecule has 0 bridgehead atoms. The summed E-state index contributed by atoms with van der Waals surface area (Å²) in [6.45, 7) is 4.10. The van der Waals surface area contributed by atoms with Gasteiger partial charge >= 0.3 is 0 Å². The Kier molecular flexibility index (Phi) is 5.19. The van der Waals surface area contributed by atoms with E-state index in [1.807, 2.05) is 43.3 Å². The number of rotatable bonds is 4. The van der Waals surface area contributed by atoms with Crippen molar-refractivity contribution in [3.8, 4) is 27.7 Å². The van der Waals surface area contributed by atoms with Gasteiger partial charge < -0.3 is 9.64 Å². The number of fused-ring (bicyclic) bond motifs is 1. The normalized spacial score (nSPS) is 15.4. The molecule has 0 spiro atoms. The summed E-state index contributed by atoms with van der Waals surface area (Å²) < 4.78 is 19.2. The van der Waals surface area contributed by atoms with Crippen LogP contribution in [0.5, 0.6) is 5.75 Å². The fourth-order valence-corrected chi connectivity index (χ4v) is 4.67. The van der Waals surface area contributed by atoms with Gasteiger partial charge in [0.15, 0.2) is 6.10 Å². The second-order valence-electron chi connectivity index (χ2n) is 7.63. The van der Waals surface area contributed by atoms with Crippen LogP contribution < -0.4 is 9.64 Å². The zero-order valence-corrected chi connectivity index (χ0v) is 18.4. The maximum absolute atomic E-state index is 13.3. The molecule has 5 rings (SSSR count). The predicted molar refractivity (Wildman–Crippen MR) is 123 cm³/mol. The molecule has 4 aromatic rings. The highest BCUT2D eigenvalue weighted by atomic mass is 32.1. The number of aryl methyl sites for hydroxylation is 1. The number of halogens is 1. The van der Waals surface area contributed by atoms with Crippen molar-refractivity contribution < 1.29 is 13.9 Å². The van der Waals surface area contributed by atoms with Crippen molar-refractivity contribution >= 4 is 22.9 Å². The first-order valence-corrected chi connectivity index (χ1v) is 11.1. The molecule has 0 aliphatic carbocycles. The third-order valence-electron chi connectivity index (χ3n) is 5.38. The van der Waals surface area contributed by atoms with Crippen molar-refractivity contribution in [2.75, 3.05) is 4.90 Å². The molecule has 0 radical (unpaired) electrons. The Bertz CT molecular complexity index is 1290. The second-order valence-corrected chi connectivity index (χ2v) is 8.84. The summed E-state index contributed by atoms with van der Waals surface area (Å²) in [4.78, 5) is 24.9. The molecule has 1 aliphatic heterocycles. The molecule has 1 aliphatic rings. The van der Waals surface area contributed by atoms with Gasteiger partial charge in [0.25, 0.3) is 5.91 Å². The average molecular weight is 446 g/mol. The minimum atomic E-state index is -0.592. The highest BCUT2D eigenvalue weighted by Crippen LogP contribution is 2.40. The number of pyridine rings is 1. The van der Waals surface area contributed by atoms with Gasteiger partial charge in [-0.1, -0.05) is 18.2 Å². The number of hydrogen-bond acceptors (Lipinski definition) is 5. The molecule has 0 fully saturated rings. The standard InChI is InChI=1S/C25H20FN3O2S/c1-15-25(30)29(14-17-6-9-19(26)10-7-17)21-13-18(8-11-22(21)31-15)23-16(2)32-24(28-23)20-5-3-4-12-27-20/h3-13,15H,14H2,1-2H3. The van der Waals surface area contributed by atoms with Crippen LogP contribution in [0.15, 0.2) is 66.9 Å². The summed E-state index contributed by atoms with van der Waals surface area (Å²) in [5.74, 6) is 0.199. The maximum atomic E-state index is 13.3. The average Bonchev–Trinajstić information content (AvgIpc) is 3.20. The van der Waals surface area contributed by atoms with Crippen LogP contribution in [0.25, 0.3) is 22.0 Å². The van der Waals surface area contributed by atoms with Gasteiger partial charge in [0.05, 0.1) is 23.6 Å². The van der Waals surface area contributed by atoms with Crippen LogP contribution in [-0.4, -0.2) is 22.0 Å². The first-order chi connectivity index (χ1) is 15.5. The summed E-state index contributed by atoms with van der Waals surface area (Å²) in [5.41, 5.74) is 4.10. The Hall–Kier alpha value is -3.58. The first-order valence-electron chi connectivity index (χ1n) is 10.3. The van der Waals surface area contributed by atoms with Gasteiger partial charge in [-0.3, -0.25) is 9.78 Å². The molecule has 0 saturated heterocycles. The van der Waals surface area contributed by atoms with Crippen molar-refractivity contribution in [1.29, 1.82) is 0 Å². The van der Waals surface area contributed by atoms with Crippen LogP contribution in [0, 0.1) is 12.7 Å². The number of nitrogens with zero attached hydrogens (tertiary/aromatic N) is 3. The molecule has 3 heterocycles. The quantitative estimate of drug-likeness (QED) is 0.408. The van der Waals surface area contributed by atoms with E-state index in [-0.39, 0.29) is 11.7 Å². The monoisotopic (exact) mass is 445 g/mol. The summed E-state index contributed by atoms with van der Waals surface area (Å²) in [6, 6.07) is 17.7. The van der Waals surface area contributed by atoms with Gasteiger partial charge in [-0.05, 0) is 61.9 Å². The fraction of sp³-hybridized carbons (Fsp3) is 0.160. The van der Waals surface area contributed by atoms with Gasteiger partial charge in [-0.15, -0.1) is 11.3 Å². The molecular formula is C25H20FN3O2S. The van der Waals surface area contributed by atoms with Crippen molar-refractivity contribution in [3.05, 3.63) is 83.1 Å². The van der Waals surface area contributed by atoms with Crippen LogP contribution in [0.3, 0.4) is 0 Å². The Labute approximate surface area is 189 Å². The molecule has 2 aromatic heterocycles. The SMILES string of the molecule is Cc1sc(-c2ccccn2)nc1-c1ccc2c(c1)N(Cc1ccc(F)cc1)C(=O)C(C)O2. The van der Waals surface area contributed by atoms with E-state index < -0.39 is 6.10 Å². The second kappa shape index (κ2) is 8.16. The zero-order valence-electron chi connectivity index (χ0n) is 17.6. The van der Waals surface area contributed by atoms with Crippen LogP contribution in [0.2, 0.25) is 0 Å². The lowest BCUT2D eigenvalue weighted by atomic mass is 10.1. The summed E-state index contributed by atoms with van der Waals surface area (Å²) in [6.07, 6.45) is 1.16. The maximum Gasteiger partial charge on any atom is 0.268 e. The molecule has 32 heavy (non-hydrogen) atoms. The lowest BCUT2D eigenvalue weighted by Crippen LogP contribution is -2.44. The summed E-state index contributed by atoms with van der Waals surface area (Å²) in [7, 11) is 0. The van der Waals surface area contributed by atoms with Crippen LogP contribution in [-0.2, 0) is 11.3 Å². The number of carbonyl (C=O) groups is 1. The van der Waals surface area contributed by atoms with E-state index in [4.69, 9.17) is 9.72 Å². The minimum Gasteiger partial charge on any atom is -0.479 e. The Morgan fingerprint density at radius 2 is 1.94 bits per heavy atom. The molecule has 5 nitrogen and oxygen atoms in total. The molecule has 2 aromatic carbocycles. The molecule has 160 valence electrons. The number of thiazole rings is 1. The zero-order chi connectivity index (χ0) is 22.2. The van der Waals surface area contributed by atoms with E-state index >= 15 is 0 Å². The van der Waals surface area contributed by atoms with E-state index in [9.17, 15) is 9.18 Å². The van der Waals surface area contributed by atoms with E-state index in [2.05, 4.69) is 4.98 Å². The van der Waals surface area contributed by atoms with E-state index in [0.717, 1.165) is 32.4 Å². The van der Waals surface area contributed by atoms with E-state index in [1.54, 1.807) is 41.5 Å². The van der Waals surface area contributed by atoms with E-state index in [0.29, 0.717) is 18.0 Å². The number of ether oxygens (including phenoxy) is 1. The third kappa shape index (κ3) is 3.76. The number of hydrogen-bond donors (Lipinski definition) is 0. The highest BCUT2D eigenvalue weighted by Gasteiger charge is 2.32. The van der Waals surface area contributed by atoms with Crippen molar-refractivity contribution in [2.24, 2.45) is 0 Å². The van der Waals surface area contributed by atoms with Gasteiger partial charge in [0, 0.05) is 16.6 Å².